The number of aliphatic carboxylic acids is 1. The van der Waals surface area contributed by atoms with Crippen LogP contribution in [-0.2, 0) is 17.8 Å². The van der Waals surface area contributed by atoms with Gasteiger partial charge in [0.1, 0.15) is 12.4 Å². The van der Waals surface area contributed by atoms with Gasteiger partial charge in [-0.05, 0) is 60.1 Å². The van der Waals surface area contributed by atoms with Crippen molar-refractivity contribution < 1.29 is 19.4 Å². The summed E-state index contributed by atoms with van der Waals surface area (Å²) in [5.74, 6) is 0.0732. The molecule has 5 heteroatoms. The number of nitrogens with one attached hydrogen (secondary N) is 1. The number of rotatable bonds is 11. The van der Waals surface area contributed by atoms with Gasteiger partial charge in [-0.3, -0.25) is 9.59 Å². The topological polar surface area (TPSA) is 75.6 Å². The number of ether oxygens (including phenoxy) is 1. The second-order valence-corrected chi connectivity index (χ2v) is 8.95. The minimum atomic E-state index is -0.887. The van der Waals surface area contributed by atoms with Gasteiger partial charge >= 0.3 is 5.97 Å². The maximum Gasteiger partial charge on any atom is 0.303 e. The molecule has 1 atom stereocenters. The largest absolute Gasteiger partial charge is 0.489 e. The first-order valence-electron chi connectivity index (χ1n) is 11.7. The Hall–Kier alpha value is -3.60. The number of benzene rings is 3. The molecule has 1 unspecified atom stereocenters. The van der Waals surface area contributed by atoms with Gasteiger partial charge in [-0.15, -0.1) is 0 Å². The summed E-state index contributed by atoms with van der Waals surface area (Å²) in [7, 11) is 0. The molecule has 0 aliphatic carbocycles. The molecule has 0 spiro atoms. The highest BCUT2D eigenvalue weighted by molar-refractivity contribution is 5.98. The van der Waals surface area contributed by atoms with Crippen LogP contribution in [0.25, 0.3) is 0 Å². The number of amides is 1. The molecule has 0 saturated heterocycles. The first-order valence-corrected chi connectivity index (χ1v) is 11.7. The van der Waals surface area contributed by atoms with Crippen molar-refractivity contribution in [3.8, 4) is 5.75 Å². The minimum Gasteiger partial charge on any atom is -0.489 e. The van der Waals surface area contributed by atoms with Gasteiger partial charge in [0.15, 0.2) is 0 Å². The smallest absolute Gasteiger partial charge is 0.303 e. The van der Waals surface area contributed by atoms with E-state index in [0.29, 0.717) is 24.5 Å². The highest BCUT2D eigenvalue weighted by atomic mass is 16.5. The first-order chi connectivity index (χ1) is 16.3. The van der Waals surface area contributed by atoms with E-state index in [2.05, 4.69) is 19.2 Å². The van der Waals surface area contributed by atoms with Crippen LogP contribution < -0.4 is 10.1 Å². The summed E-state index contributed by atoms with van der Waals surface area (Å²) in [5.41, 5.74) is 4.04. The molecule has 0 fully saturated rings. The number of para-hydroxylation sites is 1. The normalized spacial score (nSPS) is 11.8. The molecule has 5 nitrogen and oxygen atoms in total. The fourth-order valence-electron chi connectivity index (χ4n) is 4.08. The number of hydrogen-bond donors (Lipinski definition) is 2. The van der Waals surface area contributed by atoms with Crippen molar-refractivity contribution in [3.63, 3.8) is 0 Å². The summed E-state index contributed by atoms with van der Waals surface area (Å²) in [6.45, 7) is 6.49. The summed E-state index contributed by atoms with van der Waals surface area (Å²) >= 11 is 0. The number of carboxylic acids is 1. The molecule has 178 valence electrons. The molecule has 0 saturated carbocycles. The standard InChI is InChI=1S/C29H33NO4/c1-20(2)18-26(22-10-6-4-7-11-22)30-29(33)28-21(3)24(15-14-23(28)16-17-27(31)32)19-34-25-12-8-5-9-13-25/h4-15,20,26H,16-19H2,1-3H3,(H,30,33)(H,31,32). The predicted molar refractivity (Wildman–Crippen MR) is 134 cm³/mol. The Morgan fingerprint density at radius 3 is 2.15 bits per heavy atom. The van der Waals surface area contributed by atoms with Crippen LogP contribution in [0.15, 0.2) is 72.8 Å². The fraction of sp³-hybridized carbons (Fsp3) is 0.310. The van der Waals surface area contributed by atoms with Gasteiger partial charge in [0.05, 0.1) is 6.04 Å². The van der Waals surface area contributed by atoms with Crippen molar-refractivity contribution in [1.29, 1.82) is 0 Å². The molecule has 3 rings (SSSR count). The van der Waals surface area contributed by atoms with Crippen molar-refractivity contribution in [2.24, 2.45) is 5.92 Å². The summed E-state index contributed by atoms with van der Waals surface area (Å²) in [4.78, 5) is 24.9. The molecule has 0 aliphatic heterocycles. The van der Waals surface area contributed by atoms with Crippen LogP contribution in [0, 0.1) is 12.8 Å². The van der Waals surface area contributed by atoms with Crippen LogP contribution >= 0.6 is 0 Å². The Morgan fingerprint density at radius 1 is 0.912 bits per heavy atom. The van der Waals surface area contributed by atoms with E-state index < -0.39 is 5.97 Å². The predicted octanol–water partition coefficient (Wildman–Crippen LogP) is 6.11. The quantitative estimate of drug-likeness (QED) is 0.363. The molecule has 34 heavy (non-hydrogen) atoms. The van der Waals surface area contributed by atoms with Crippen LogP contribution in [0.1, 0.15) is 65.3 Å². The van der Waals surface area contributed by atoms with E-state index in [1.54, 1.807) is 0 Å². The lowest BCUT2D eigenvalue weighted by Gasteiger charge is -2.23. The van der Waals surface area contributed by atoms with Crippen LogP contribution in [0.5, 0.6) is 5.75 Å². The Bertz CT molecular complexity index is 1090. The third-order valence-electron chi connectivity index (χ3n) is 5.85. The van der Waals surface area contributed by atoms with E-state index in [1.165, 1.54) is 0 Å². The van der Waals surface area contributed by atoms with Gasteiger partial charge in [-0.25, -0.2) is 0 Å². The number of carbonyl (C=O) groups is 2. The fourth-order valence-corrected chi connectivity index (χ4v) is 4.08. The van der Waals surface area contributed by atoms with Crippen molar-refractivity contribution in [2.75, 3.05) is 0 Å². The zero-order valence-corrected chi connectivity index (χ0v) is 20.1. The second-order valence-electron chi connectivity index (χ2n) is 8.95. The molecule has 0 heterocycles. The maximum atomic E-state index is 13.6. The lowest BCUT2D eigenvalue weighted by molar-refractivity contribution is -0.136. The van der Waals surface area contributed by atoms with E-state index in [-0.39, 0.29) is 18.4 Å². The Morgan fingerprint density at radius 2 is 1.53 bits per heavy atom. The van der Waals surface area contributed by atoms with Gasteiger partial charge < -0.3 is 15.2 Å². The Labute approximate surface area is 201 Å². The summed E-state index contributed by atoms with van der Waals surface area (Å²) in [6.07, 6.45) is 1.06. The van der Waals surface area contributed by atoms with Gasteiger partial charge in [-0.1, -0.05) is 74.5 Å². The molecule has 0 radical (unpaired) electrons. The maximum absolute atomic E-state index is 13.6. The molecule has 0 aliphatic rings. The first kappa shape index (κ1) is 25.0. The van der Waals surface area contributed by atoms with E-state index in [1.807, 2.05) is 79.7 Å². The second kappa shape index (κ2) is 12.0. The molecule has 0 aromatic heterocycles. The molecular weight excluding hydrogens is 426 g/mol. The molecule has 3 aromatic rings. The van der Waals surface area contributed by atoms with Crippen molar-refractivity contribution >= 4 is 11.9 Å². The lowest BCUT2D eigenvalue weighted by atomic mass is 9.92. The SMILES string of the molecule is Cc1c(COc2ccccc2)ccc(CCC(=O)O)c1C(=O)NC(CC(C)C)c1ccccc1. The highest BCUT2D eigenvalue weighted by Gasteiger charge is 2.22. The van der Waals surface area contributed by atoms with Gasteiger partial charge in [0, 0.05) is 12.0 Å². The molecular formula is C29H33NO4. The van der Waals surface area contributed by atoms with E-state index >= 15 is 0 Å². The van der Waals surface area contributed by atoms with Gasteiger partial charge in [-0.2, -0.15) is 0 Å². The molecule has 0 bridgehead atoms. The number of carboxylic acid groups (broad SMARTS) is 1. The summed E-state index contributed by atoms with van der Waals surface area (Å²) in [6, 6.07) is 23.1. The third-order valence-corrected chi connectivity index (χ3v) is 5.85. The van der Waals surface area contributed by atoms with E-state index in [0.717, 1.165) is 34.4 Å². The number of aryl methyl sites for hydroxylation is 1. The van der Waals surface area contributed by atoms with Gasteiger partial charge in [0.2, 0.25) is 0 Å². The lowest BCUT2D eigenvalue weighted by Crippen LogP contribution is -2.31. The van der Waals surface area contributed by atoms with Crippen LogP contribution in [0.3, 0.4) is 0 Å². The average Bonchev–Trinajstić information content (AvgIpc) is 2.82. The zero-order chi connectivity index (χ0) is 24.5. The Kier molecular flexibility index (Phi) is 8.86. The number of hydrogen-bond acceptors (Lipinski definition) is 3. The molecule has 3 aromatic carbocycles. The monoisotopic (exact) mass is 459 g/mol. The highest BCUT2D eigenvalue weighted by Crippen LogP contribution is 2.26. The van der Waals surface area contributed by atoms with Crippen LogP contribution in [0.2, 0.25) is 0 Å². The van der Waals surface area contributed by atoms with E-state index in [9.17, 15) is 14.7 Å². The van der Waals surface area contributed by atoms with E-state index in [4.69, 9.17) is 4.74 Å². The van der Waals surface area contributed by atoms with Crippen molar-refractivity contribution in [3.05, 3.63) is 101 Å². The van der Waals surface area contributed by atoms with Crippen LogP contribution in [-0.4, -0.2) is 17.0 Å². The zero-order valence-electron chi connectivity index (χ0n) is 20.1. The average molecular weight is 460 g/mol. The van der Waals surface area contributed by atoms with Crippen LogP contribution in [0.4, 0.5) is 0 Å². The Balaban J connectivity index is 1.91. The minimum absolute atomic E-state index is 0.0340. The summed E-state index contributed by atoms with van der Waals surface area (Å²) in [5, 5.41) is 12.4. The molecule has 2 N–H and O–H groups in total. The third kappa shape index (κ3) is 6.95. The van der Waals surface area contributed by atoms with Crippen molar-refractivity contribution in [2.45, 2.75) is 52.7 Å². The summed E-state index contributed by atoms with van der Waals surface area (Å²) < 4.78 is 5.92. The number of carbonyl (C=O) groups excluding carboxylic acids is 1. The van der Waals surface area contributed by atoms with Gasteiger partial charge in [0.25, 0.3) is 5.91 Å². The van der Waals surface area contributed by atoms with Crippen molar-refractivity contribution in [1.82, 2.24) is 5.32 Å². The molecule has 1 amide bonds.